The van der Waals surface area contributed by atoms with Crippen molar-refractivity contribution in [2.45, 2.75) is 24.9 Å². The van der Waals surface area contributed by atoms with E-state index in [4.69, 9.17) is 0 Å². The molecule has 0 radical (unpaired) electrons. The molecule has 1 aliphatic rings. The van der Waals surface area contributed by atoms with Crippen LogP contribution in [0.2, 0.25) is 0 Å². The fourth-order valence-electron chi connectivity index (χ4n) is 2.62. The van der Waals surface area contributed by atoms with E-state index in [9.17, 15) is 22.8 Å². The molecule has 136 valence electrons. The Balaban J connectivity index is 2.03. The van der Waals surface area contributed by atoms with Gasteiger partial charge >= 0.3 is 12.2 Å². The van der Waals surface area contributed by atoms with Gasteiger partial charge in [-0.3, -0.25) is 4.79 Å². The summed E-state index contributed by atoms with van der Waals surface area (Å²) >= 11 is 0.0407. The van der Waals surface area contributed by atoms with Crippen LogP contribution >= 0.6 is 11.8 Å². The topological polar surface area (TPSA) is 49.4 Å². The molecule has 1 aliphatic heterocycles. The van der Waals surface area contributed by atoms with Crippen molar-refractivity contribution in [3.8, 4) is 0 Å². The Labute approximate surface area is 152 Å². The van der Waals surface area contributed by atoms with Crippen molar-refractivity contribution in [2.75, 3.05) is 4.90 Å². The van der Waals surface area contributed by atoms with E-state index in [-0.39, 0.29) is 23.0 Å². The summed E-state index contributed by atoms with van der Waals surface area (Å²) in [4.78, 5) is 22.9. The number of amides is 3. The summed E-state index contributed by atoms with van der Waals surface area (Å²) in [5.41, 5.74) is 1.68. The number of thioether (sulfide) groups is 1. The van der Waals surface area contributed by atoms with Crippen LogP contribution in [-0.2, 0) is 4.87 Å². The molecule has 8 heteroatoms. The lowest BCUT2D eigenvalue weighted by Gasteiger charge is -2.41. The third kappa shape index (κ3) is 3.05. The van der Waals surface area contributed by atoms with Gasteiger partial charge in [-0.1, -0.05) is 47.5 Å². The Morgan fingerprint density at radius 3 is 1.88 bits per heavy atom. The monoisotopic (exact) mass is 380 g/mol. The van der Waals surface area contributed by atoms with Gasteiger partial charge < -0.3 is 5.32 Å². The van der Waals surface area contributed by atoms with E-state index < -0.39 is 22.3 Å². The van der Waals surface area contributed by atoms with Crippen molar-refractivity contribution in [2.24, 2.45) is 0 Å². The van der Waals surface area contributed by atoms with E-state index in [0.717, 1.165) is 11.1 Å². The predicted molar refractivity (Wildman–Crippen MR) is 94.1 cm³/mol. The Hall–Kier alpha value is -2.48. The molecule has 0 aliphatic carbocycles. The second-order valence-electron chi connectivity index (χ2n) is 6.01. The maximum Gasteiger partial charge on any atom is 0.426 e. The molecule has 0 saturated carbocycles. The number of anilines is 1. The van der Waals surface area contributed by atoms with Crippen LogP contribution in [0.4, 0.5) is 28.4 Å². The van der Waals surface area contributed by atoms with E-state index in [2.05, 4.69) is 0 Å². The summed E-state index contributed by atoms with van der Waals surface area (Å²) in [6, 6.07) is 10.8. The maximum absolute atomic E-state index is 13.9. The molecule has 0 aromatic heterocycles. The summed E-state index contributed by atoms with van der Waals surface area (Å²) in [6.07, 6.45) is -4.86. The van der Waals surface area contributed by atoms with Gasteiger partial charge in [-0.2, -0.15) is 13.2 Å². The highest BCUT2D eigenvalue weighted by atomic mass is 32.2. The molecule has 4 nitrogen and oxygen atoms in total. The summed E-state index contributed by atoms with van der Waals surface area (Å²) in [7, 11) is 0. The predicted octanol–water partition coefficient (Wildman–Crippen LogP) is 5.10. The summed E-state index contributed by atoms with van der Waals surface area (Å²) < 4.78 is 41.7. The highest BCUT2D eigenvalue weighted by molar-refractivity contribution is 8.14. The lowest BCUT2D eigenvalue weighted by Crippen LogP contribution is -2.62. The quantitative estimate of drug-likeness (QED) is 0.788. The number of imide groups is 1. The number of aryl methyl sites for hydroxylation is 2. The molecule has 1 saturated heterocycles. The zero-order chi connectivity index (χ0) is 19.1. The van der Waals surface area contributed by atoms with Gasteiger partial charge in [0.1, 0.15) is 0 Å². The van der Waals surface area contributed by atoms with E-state index in [1.165, 1.54) is 36.4 Å². The molecular weight excluding hydrogens is 365 g/mol. The first kappa shape index (κ1) is 18.3. The Morgan fingerprint density at radius 2 is 1.42 bits per heavy atom. The van der Waals surface area contributed by atoms with Gasteiger partial charge in [-0.25, -0.2) is 9.69 Å². The van der Waals surface area contributed by atoms with Gasteiger partial charge in [-0.05, 0) is 43.3 Å². The van der Waals surface area contributed by atoms with Crippen molar-refractivity contribution in [1.82, 2.24) is 5.32 Å². The molecule has 1 heterocycles. The normalized spacial score (nSPS) is 20.9. The number of carbonyl (C=O) groups is 2. The fraction of sp³-hybridized carbons (Fsp3) is 0.222. The minimum Gasteiger partial charge on any atom is -0.310 e. The zero-order valence-corrected chi connectivity index (χ0v) is 14.7. The SMILES string of the molecule is Cc1ccc(N2C(=O)NC(c3ccc(C)cc3)(C(F)(F)F)SC2=O)cc1. The van der Waals surface area contributed by atoms with Crippen molar-refractivity contribution in [3.63, 3.8) is 0 Å². The number of carbonyl (C=O) groups excluding carboxylic acids is 2. The molecular formula is C18H15F3N2O2S. The molecule has 1 unspecified atom stereocenters. The molecule has 3 amide bonds. The van der Waals surface area contributed by atoms with Crippen molar-refractivity contribution < 1.29 is 22.8 Å². The van der Waals surface area contributed by atoms with Crippen LogP contribution in [0.25, 0.3) is 0 Å². The average molecular weight is 380 g/mol. The van der Waals surface area contributed by atoms with Crippen LogP contribution in [0.15, 0.2) is 48.5 Å². The molecule has 3 rings (SSSR count). The van der Waals surface area contributed by atoms with Crippen LogP contribution < -0.4 is 10.2 Å². The van der Waals surface area contributed by atoms with Crippen LogP contribution in [0.1, 0.15) is 16.7 Å². The Bertz CT molecular complexity index is 830. The molecule has 1 N–H and O–H groups in total. The molecule has 1 atom stereocenters. The first-order chi connectivity index (χ1) is 12.1. The van der Waals surface area contributed by atoms with Crippen LogP contribution in [0.5, 0.6) is 0 Å². The first-order valence-electron chi connectivity index (χ1n) is 7.70. The number of benzene rings is 2. The van der Waals surface area contributed by atoms with Gasteiger partial charge in [0, 0.05) is 0 Å². The van der Waals surface area contributed by atoms with Gasteiger partial charge in [0.2, 0.25) is 4.87 Å². The summed E-state index contributed by atoms with van der Waals surface area (Å²) in [6.45, 7) is 3.56. The number of rotatable bonds is 2. The minimum absolute atomic E-state index is 0.0407. The van der Waals surface area contributed by atoms with Crippen LogP contribution in [0.3, 0.4) is 0 Å². The number of hydrogen-bond acceptors (Lipinski definition) is 3. The van der Waals surface area contributed by atoms with Crippen LogP contribution in [0, 0.1) is 13.8 Å². The lowest BCUT2D eigenvalue weighted by molar-refractivity contribution is -0.167. The third-order valence-corrected chi connectivity index (χ3v) is 5.29. The smallest absolute Gasteiger partial charge is 0.310 e. The molecule has 26 heavy (non-hydrogen) atoms. The number of urea groups is 1. The summed E-state index contributed by atoms with van der Waals surface area (Å²) in [5.74, 6) is 0. The fourth-order valence-corrected chi connectivity index (χ4v) is 3.67. The first-order valence-corrected chi connectivity index (χ1v) is 8.51. The summed E-state index contributed by atoms with van der Waals surface area (Å²) in [5, 5.41) is 1.01. The number of nitrogens with zero attached hydrogens (tertiary/aromatic N) is 1. The minimum atomic E-state index is -4.86. The van der Waals surface area contributed by atoms with Gasteiger partial charge in [0.15, 0.2) is 0 Å². The van der Waals surface area contributed by atoms with Gasteiger partial charge in [0.25, 0.3) is 5.24 Å². The second kappa shape index (κ2) is 6.35. The average Bonchev–Trinajstić information content (AvgIpc) is 2.55. The Morgan fingerprint density at radius 1 is 0.923 bits per heavy atom. The zero-order valence-electron chi connectivity index (χ0n) is 13.9. The van der Waals surface area contributed by atoms with E-state index in [1.807, 2.05) is 12.2 Å². The van der Waals surface area contributed by atoms with Crippen LogP contribution in [-0.4, -0.2) is 17.4 Å². The molecule has 1 fully saturated rings. The Kier molecular flexibility index (Phi) is 4.47. The molecule has 0 spiro atoms. The molecule has 2 aromatic rings. The lowest BCUT2D eigenvalue weighted by atomic mass is 10.0. The standard InChI is InChI=1S/C18H15F3N2O2S/c1-11-3-7-13(8-4-11)17(18(19,20)21)22-15(24)23(16(25)26-17)14-9-5-12(2)6-10-14/h3-10H,1-2H3,(H,22,24). The van der Waals surface area contributed by atoms with Gasteiger partial charge in [0.05, 0.1) is 5.69 Å². The van der Waals surface area contributed by atoms with E-state index in [1.54, 1.807) is 19.1 Å². The highest BCUT2D eigenvalue weighted by Crippen LogP contribution is 2.50. The largest absolute Gasteiger partial charge is 0.426 e. The number of nitrogens with one attached hydrogen (secondary N) is 1. The van der Waals surface area contributed by atoms with Gasteiger partial charge in [-0.15, -0.1) is 0 Å². The maximum atomic E-state index is 13.9. The molecule has 0 bridgehead atoms. The van der Waals surface area contributed by atoms with Crippen molar-refractivity contribution >= 4 is 28.7 Å². The van der Waals surface area contributed by atoms with E-state index >= 15 is 0 Å². The third-order valence-electron chi connectivity index (χ3n) is 4.06. The number of halogens is 3. The second-order valence-corrected chi connectivity index (χ2v) is 7.18. The van der Waals surface area contributed by atoms with Crippen molar-refractivity contribution in [1.29, 1.82) is 0 Å². The van der Waals surface area contributed by atoms with E-state index in [0.29, 0.717) is 4.90 Å². The number of alkyl halides is 3. The number of hydrogen-bond donors (Lipinski definition) is 1. The molecule has 2 aromatic carbocycles. The van der Waals surface area contributed by atoms with Crippen molar-refractivity contribution in [3.05, 3.63) is 65.2 Å². The highest BCUT2D eigenvalue weighted by Gasteiger charge is 2.62.